The summed E-state index contributed by atoms with van der Waals surface area (Å²) in [6.07, 6.45) is 0. The smallest absolute Gasteiger partial charge is 0.692 e. The lowest BCUT2D eigenvalue weighted by Gasteiger charge is -2.31. The molecule has 0 aromatic heterocycles. The molecule has 2 atom stereocenters. The first-order valence-corrected chi connectivity index (χ1v) is 8.12. The predicted octanol–water partition coefficient (Wildman–Crippen LogP) is 2.09. The molecule has 2 aromatic rings. The fourth-order valence-corrected chi connectivity index (χ4v) is 3.16. The van der Waals surface area contributed by atoms with E-state index in [2.05, 4.69) is 4.90 Å². The molecule has 0 fully saturated rings. The molecule has 22 heavy (non-hydrogen) atoms. The molecule has 0 bridgehead atoms. The van der Waals surface area contributed by atoms with E-state index in [1.807, 2.05) is 18.2 Å². The lowest BCUT2D eigenvalue weighted by atomic mass is 10.0. The molecule has 1 aliphatic heterocycles. The summed E-state index contributed by atoms with van der Waals surface area (Å²) in [5.41, 5.74) is 1.53. The minimum absolute atomic E-state index is 0. The highest BCUT2D eigenvalue weighted by atomic mass is 31.2. The van der Waals surface area contributed by atoms with Crippen LogP contribution in [-0.2, 0) is 9.13 Å². The van der Waals surface area contributed by atoms with Gasteiger partial charge in [-0.3, -0.25) is 4.57 Å². The van der Waals surface area contributed by atoms with Gasteiger partial charge in [-0.2, -0.15) is 0 Å². The van der Waals surface area contributed by atoms with Crippen molar-refractivity contribution in [2.24, 2.45) is 0 Å². The fraction of sp³-hybridized carbons (Fsp3) is 0. The Labute approximate surface area is 129 Å². The summed E-state index contributed by atoms with van der Waals surface area (Å²) >= 11 is 0. The maximum atomic E-state index is 11.8. The van der Waals surface area contributed by atoms with Gasteiger partial charge >= 0.3 is 8.25 Å². The van der Waals surface area contributed by atoms with Gasteiger partial charge in [-0.05, 0) is 17.7 Å². The molecule has 3 rings (SSSR count). The normalized spacial score (nSPS) is 18.5. The molecule has 0 spiro atoms. The number of benzene rings is 2. The summed E-state index contributed by atoms with van der Waals surface area (Å²) in [7, 11) is -6.64. The molecule has 2 aromatic carbocycles. The van der Waals surface area contributed by atoms with Crippen LogP contribution in [-0.4, -0.2) is 11.2 Å². The molecule has 10 heteroatoms. The molecule has 2 unspecified atom stereocenters. The van der Waals surface area contributed by atoms with Crippen LogP contribution in [0.25, 0.3) is 11.1 Å². The van der Waals surface area contributed by atoms with Crippen molar-refractivity contribution in [3.05, 3.63) is 48.5 Å². The van der Waals surface area contributed by atoms with E-state index in [-0.39, 0.29) is 17.6 Å². The van der Waals surface area contributed by atoms with Gasteiger partial charge in [0.15, 0.2) is 0 Å². The zero-order valence-corrected chi connectivity index (χ0v) is 13.5. The minimum atomic E-state index is -3.96. The van der Waals surface area contributed by atoms with Gasteiger partial charge in [0.2, 0.25) is 7.60 Å². The fourth-order valence-electron chi connectivity index (χ4n) is 1.89. The van der Waals surface area contributed by atoms with Gasteiger partial charge in [0.05, 0.1) is 0 Å². The van der Waals surface area contributed by atoms with E-state index in [0.717, 1.165) is 5.56 Å². The Morgan fingerprint density at radius 2 is 1.64 bits per heavy atom. The van der Waals surface area contributed by atoms with Crippen molar-refractivity contribution in [3.63, 3.8) is 0 Å². The van der Waals surface area contributed by atoms with Crippen LogP contribution in [0.4, 0.5) is 0 Å². The van der Waals surface area contributed by atoms with Gasteiger partial charge in [-0.25, -0.2) is 0 Å². The first kappa shape index (κ1) is 18.4. The van der Waals surface area contributed by atoms with Crippen LogP contribution < -0.4 is 27.0 Å². The van der Waals surface area contributed by atoms with E-state index >= 15 is 0 Å². The van der Waals surface area contributed by atoms with Gasteiger partial charge < -0.3 is 21.7 Å². The average molecular weight is 348 g/mol. The highest BCUT2D eigenvalue weighted by Gasteiger charge is 2.26. The first-order chi connectivity index (χ1) is 9.95. The number of rotatable bonds is 1. The third-order valence-electron chi connectivity index (χ3n) is 2.59. The Kier molecular flexibility index (Phi) is 6.80. The molecule has 8 nitrogen and oxygen atoms in total. The van der Waals surface area contributed by atoms with E-state index in [4.69, 9.17) is 15.4 Å². The van der Waals surface area contributed by atoms with Crippen LogP contribution in [0, 0.1) is 0 Å². The van der Waals surface area contributed by atoms with Crippen molar-refractivity contribution < 1.29 is 28.3 Å². The van der Waals surface area contributed by atoms with Crippen molar-refractivity contribution in [1.82, 2.24) is 12.3 Å². The van der Waals surface area contributed by atoms with Crippen LogP contribution in [0.5, 0.6) is 5.75 Å². The van der Waals surface area contributed by atoms with Gasteiger partial charge in [0, 0.05) is 15.4 Å². The minimum Gasteiger partial charge on any atom is -0.765 e. The molecule has 0 amide bonds. The van der Waals surface area contributed by atoms with Crippen molar-refractivity contribution in [3.8, 4) is 16.9 Å². The maximum absolute atomic E-state index is 11.8. The zero-order chi connectivity index (χ0) is 15.5. The summed E-state index contributed by atoms with van der Waals surface area (Å²) < 4.78 is 31.6. The monoisotopic (exact) mass is 348 g/mol. The molecular formula is C12H17N2O6P2+. The van der Waals surface area contributed by atoms with Crippen LogP contribution in [0.3, 0.4) is 0 Å². The van der Waals surface area contributed by atoms with Crippen molar-refractivity contribution in [2.75, 3.05) is 0 Å². The van der Waals surface area contributed by atoms with E-state index < -0.39 is 15.9 Å². The molecule has 0 saturated heterocycles. The Morgan fingerprint density at radius 1 is 1.14 bits per heavy atom. The summed E-state index contributed by atoms with van der Waals surface area (Å²) in [4.78, 5) is 22.4. The number of fused-ring (bicyclic) bond motifs is 3. The summed E-state index contributed by atoms with van der Waals surface area (Å²) in [6.45, 7) is 0. The zero-order valence-electron chi connectivity index (χ0n) is 12.7. The standard InChI is InChI=1S/C12H9O3P.2H3N.HO3P/c13-16(14)12-8-4-2-6-10(12)9-5-1-3-7-11(9)15-16;;;1-4(2)3/h1-8H,(H,13,14);2*1H3;(H-,1,2,3)/p+1/i/hD. The molecule has 0 aliphatic carbocycles. The van der Waals surface area contributed by atoms with E-state index in [1.165, 1.54) is 0 Å². The van der Waals surface area contributed by atoms with E-state index in [1.54, 1.807) is 30.3 Å². The second-order valence-electron chi connectivity index (χ2n) is 3.84. The highest BCUT2D eigenvalue weighted by Crippen LogP contribution is 2.48. The summed E-state index contributed by atoms with van der Waals surface area (Å²) in [5, 5.41) is 0.258. The topological polar surface area (TPSA) is 178 Å². The average Bonchev–Trinajstić information content (AvgIpc) is 2.47. The number of quaternary nitrogens is 1. The van der Waals surface area contributed by atoms with Crippen LogP contribution in [0.1, 0.15) is 0 Å². The van der Waals surface area contributed by atoms with Crippen LogP contribution in [0.2, 0.25) is 0 Å². The molecule has 9 N–H and O–H groups in total. The molecular weight excluding hydrogens is 330 g/mol. The molecule has 0 saturated carbocycles. The molecule has 1 heterocycles. The van der Waals surface area contributed by atoms with E-state index in [0.29, 0.717) is 11.3 Å². The quantitative estimate of drug-likeness (QED) is 0.569. The van der Waals surface area contributed by atoms with Gasteiger partial charge in [-0.15, -0.1) is 9.79 Å². The Morgan fingerprint density at radius 3 is 2.23 bits per heavy atom. The van der Waals surface area contributed by atoms with Gasteiger partial charge in [0.1, 0.15) is 5.75 Å². The van der Waals surface area contributed by atoms with Crippen molar-refractivity contribution in [1.29, 1.82) is 1.43 Å². The Balaban J connectivity index is 0.000000615. The second kappa shape index (κ2) is 8.12. The lowest BCUT2D eigenvalue weighted by molar-refractivity contribution is -0.186. The third kappa shape index (κ3) is 4.43. The largest absolute Gasteiger partial charge is 0.765 e. The lowest BCUT2D eigenvalue weighted by Crippen LogP contribution is -2.24. The van der Waals surface area contributed by atoms with Crippen molar-refractivity contribution >= 4 is 21.2 Å². The SMILES string of the molecule is N.O=P1([O-])Oc2ccccc2-c2ccccc21.[2H]O[P+](=O)O.[NH4+]. The summed E-state index contributed by atoms with van der Waals surface area (Å²) in [5.74, 6) is 0.402. The predicted molar refractivity (Wildman–Crippen MR) is 82.8 cm³/mol. The Bertz CT molecular complexity index is 730. The molecule has 0 radical (unpaired) electrons. The number of hydrogen-bond donors (Lipinski definition) is 4. The highest BCUT2D eigenvalue weighted by molar-refractivity contribution is 7.60. The van der Waals surface area contributed by atoms with Crippen LogP contribution in [0.15, 0.2) is 48.5 Å². The van der Waals surface area contributed by atoms with Crippen molar-refractivity contribution in [2.45, 2.75) is 0 Å². The third-order valence-corrected chi connectivity index (χ3v) is 4.01. The van der Waals surface area contributed by atoms with Crippen LogP contribution >= 0.6 is 15.9 Å². The van der Waals surface area contributed by atoms with Gasteiger partial charge in [0.25, 0.3) is 1.43 Å². The number of para-hydroxylation sites is 1. The molecule has 120 valence electrons. The molecule has 1 aliphatic rings. The second-order valence-corrected chi connectivity index (χ2v) is 5.97. The Hall–Kier alpha value is -1.63. The maximum Gasteiger partial charge on any atom is 0.692 e. The summed E-state index contributed by atoms with van der Waals surface area (Å²) in [6, 6.07) is 14.0. The number of hydrogen-bond acceptors (Lipinski definition) is 6. The van der Waals surface area contributed by atoms with Gasteiger partial charge in [-0.1, -0.05) is 36.4 Å². The first-order valence-electron chi connectivity index (χ1n) is 5.85. The van der Waals surface area contributed by atoms with E-state index in [9.17, 15) is 9.46 Å².